The van der Waals surface area contributed by atoms with Crippen molar-refractivity contribution < 1.29 is 14.7 Å². The minimum Gasteiger partial charge on any atom is -0.480 e. The van der Waals surface area contributed by atoms with Gasteiger partial charge in [-0.25, -0.2) is 4.79 Å². The van der Waals surface area contributed by atoms with E-state index in [2.05, 4.69) is 30.8 Å². The third kappa shape index (κ3) is 6.09. The van der Waals surface area contributed by atoms with E-state index < -0.39 is 5.97 Å². The second-order valence-electron chi connectivity index (χ2n) is 7.96. The lowest BCUT2D eigenvalue weighted by Crippen LogP contribution is -2.56. The van der Waals surface area contributed by atoms with Crippen molar-refractivity contribution in [1.29, 1.82) is 0 Å². The fourth-order valence-corrected chi connectivity index (χ4v) is 3.43. The predicted octanol–water partition coefficient (Wildman–Crippen LogP) is 2.49. The summed E-state index contributed by atoms with van der Waals surface area (Å²) >= 11 is 0. The van der Waals surface area contributed by atoms with Crippen molar-refractivity contribution in [2.75, 3.05) is 19.6 Å². The van der Waals surface area contributed by atoms with E-state index >= 15 is 0 Å². The maximum atomic E-state index is 12.8. The Kier molecular flexibility index (Phi) is 7.62. The van der Waals surface area contributed by atoms with Gasteiger partial charge in [0.15, 0.2) is 0 Å². The molecule has 0 spiro atoms. The zero-order valence-electron chi connectivity index (χ0n) is 17.4. The summed E-state index contributed by atoms with van der Waals surface area (Å²) in [6.45, 7) is 13.6. The largest absolute Gasteiger partial charge is 0.480 e. The molecule has 0 saturated heterocycles. The second-order valence-corrected chi connectivity index (χ2v) is 7.96. The zero-order valence-corrected chi connectivity index (χ0v) is 17.4. The highest BCUT2D eigenvalue weighted by Crippen LogP contribution is 2.26. The molecular formula is C20H33N5O3. The van der Waals surface area contributed by atoms with E-state index in [0.717, 1.165) is 24.0 Å². The summed E-state index contributed by atoms with van der Waals surface area (Å²) in [5.41, 5.74) is 1.90. The molecule has 0 unspecified atom stereocenters. The summed E-state index contributed by atoms with van der Waals surface area (Å²) in [7, 11) is 0. The number of carboxylic acid groups (broad SMARTS) is 1. The van der Waals surface area contributed by atoms with Gasteiger partial charge in [0.05, 0.1) is 19.3 Å². The number of nitrogens with one attached hydrogen (secondary N) is 1. The number of aliphatic carboxylic acids is 1. The molecular weight excluding hydrogens is 358 g/mol. The minimum absolute atomic E-state index is 0.0451. The van der Waals surface area contributed by atoms with E-state index in [-0.39, 0.29) is 30.7 Å². The van der Waals surface area contributed by atoms with E-state index in [9.17, 15) is 9.59 Å². The number of likely N-dealkylation sites (N-methyl/N-ethyl adjacent to an activating group) is 1. The number of aromatic nitrogens is 2. The molecule has 2 amide bonds. The van der Waals surface area contributed by atoms with Crippen LogP contribution in [0.1, 0.15) is 52.1 Å². The lowest BCUT2D eigenvalue weighted by molar-refractivity contribution is -0.139. The number of rotatable bonds is 10. The van der Waals surface area contributed by atoms with Crippen LogP contribution in [0, 0.1) is 0 Å². The van der Waals surface area contributed by atoms with Crippen LogP contribution in [0.5, 0.6) is 0 Å². The second kappa shape index (κ2) is 9.73. The van der Waals surface area contributed by atoms with Gasteiger partial charge >= 0.3 is 12.0 Å². The molecule has 1 fully saturated rings. The highest BCUT2D eigenvalue weighted by Gasteiger charge is 2.35. The van der Waals surface area contributed by atoms with Gasteiger partial charge in [-0.1, -0.05) is 19.1 Å². The lowest BCUT2D eigenvalue weighted by Gasteiger charge is -2.42. The quantitative estimate of drug-likeness (QED) is 0.598. The van der Waals surface area contributed by atoms with Crippen molar-refractivity contribution in [3.63, 3.8) is 0 Å². The Morgan fingerprint density at radius 2 is 2.07 bits per heavy atom. The summed E-state index contributed by atoms with van der Waals surface area (Å²) in [4.78, 5) is 27.4. The third-order valence-electron chi connectivity index (χ3n) is 5.01. The van der Waals surface area contributed by atoms with Crippen LogP contribution in [0.2, 0.25) is 0 Å². The Balaban J connectivity index is 1.91. The molecule has 0 aliphatic heterocycles. The van der Waals surface area contributed by atoms with E-state index in [0.29, 0.717) is 19.6 Å². The van der Waals surface area contributed by atoms with E-state index in [1.54, 1.807) is 11.1 Å². The highest BCUT2D eigenvalue weighted by molar-refractivity contribution is 5.75. The molecule has 8 nitrogen and oxygen atoms in total. The van der Waals surface area contributed by atoms with Crippen molar-refractivity contribution in [1.82, 2.24) is 24.9 Å². The monoisotopic (exact) mass is 391 g/mol. The number of nitrogens with zero attached hydrogens (tertiary/aromatic N) is 4. The maximum absolute atomic E-state index is 12.8. The van der Waals surface area contributed by atoms with Gasteiger partial charge in [-0.3, -0.25) is 14.4 Å². The zero-order chi connectivity index (χ0) is 20.8. The number of carboxylic acids is 1. The van der Waals surface area contributed by atoms with Crippen molar-refractivity contribution in [2.45, 2.75) is 65.2 Å². The van der Waals surface area contributed by atoms with Crippen LogP contribution in [0.25, 0.3) is 0 Å². The molecule has 156 valence electrons. The average molecular weight is 392 g/mol. The van der Waals surface area contributed by atoms with Crippen molar-refractivity contribution in [2.24, 2.45) is 0 Å². The van der Waals surface area contributed by atoms with Gasteiger partial charge in [-0.2, -0.15) is 5.10 Å². The van der Waals surface area contributed by atoms with Crippen molar-refractivity contribution in [3.8, 4) is 0 Å². The van der Waals surface area contributed by atoms with Gasteiger partial charge in [0, 0.05) is 36.4 Å². The van der Waals surface area contributed by atoms with E-state index in [4.69, 9.17) is 5.11 Å². The first-order chi connectivity index (χ1) is 13.2. The minimum atomic E-state index is -0.816. The number of urea groups is 1. The van der Waals surface area contributed by atoms with Crippen LogP contribution < -0.4 is 5.32 Å². The van der Waals surface area contributed by atoms with Gasteiger partial charge in [0.2, 0.25) is 0 Å². The first-order valence-electron chi connectivity index (χ1n) is 9.88. The Labute approximate surface area is 167 Å². The number of amides is 2. The first-order valence-corrected chi connectivity index (χ1v) is 9.88. The molecule has 2 rings (SSSR count). The summed E-state index contributed by atoms with van der Waals surface area (Å²) in [6.07, 6.45) is 5.31. The SMILES string of the molecule is C=C(C)CN(Cc1cnn(C(C)C)c1)C(=O)NC1CC(N(CC)CC(=O)O)C1. The summed E-state index contributed by atoms with van der Waals surface area (Å²) in [5, 5.41) is 16.4. The molecule has 1 saturated carbocycles. The molecule has 1 aromatic rings. The molecule has 0 atom stereocenters. The van der Waals surface area contributed by atoms with Crippen LogP contribution in [0.3, 0.4) is 0 Å². The molecule has 1 aliphatic carbocycles. The van der Waals surface area contributed by atoms with Crippen LogP contribution in [0.4, 0.5) is 4.79 Å². The van der Waals surface area contributed by atoms with Crippen molar-refractivity contribution in [3.05, 3.63) is 30.1 Å². The van der Waals surface area contributed by atoms with Crippen molar-refractivity contribution >= 4 is 12.0 Å². The summed E-state index contributed by atoms with van der Waals surface area (Å²) < 4.78 is 1.88. The number of carbonyl (C=O) groups is 2. The molecule has 2 N–H and O–H groups in total. The topological polar surface area (TPSA) is 90.7 Å². The Hall–Kier alpha value is -2.35. The third-order valence-corrected chi connectivity index (χ3v) is 5.01. The number of hydrogen-bond donors (Lipinski definition) is 2. The maximum Gasteiger partial charge on any atom is 0.318 e. The molecule has 1 heterocycles. The number of hydrogen-bond acceptors (Lipinski definition) is 4. The van der Waals surface area contributed by atoms with Gasteiger partial charge in [0.1, 0.15) is 0 Å². The van der Waals surface area contributed by atoms with Crippen LogP contribution in [-0.2, 0) is 11.3 Å². The standard InChI is InChI=1S/C20H33N5O3/c1-6-23(13-19(26)27)18-7-17(8-18)22-20(28)24(10-14(2)3)11-16-9-21-25(12-16)15(4)5/h9,12,15,17-18H,2,6-8,10-11,13H2,1,3-5H3,(H,22,28)(H,26,27). The molecule has 0 bridgehead atoms. The fraction of sp³-hybridized carbons (Fsp3) is 0.650. The molecule has 28 heavy (non-hydrogen) atoms. The van der Waals surface area contributed by atoms with Crippen LogP contribution in [0.15, 0.2) is 24.5 Å². The Morgan fingerprint density at radius 3 is 2.57 bits per heavy atom. The van der Waals surface area contributed by atoms with Gasteiger partial charge in [0.25, 0.3) is 0 Å². The van der Waals surface area contributed by atoms with E-state index in [1.165, 1.54) is 0 Å². The molecule has 1 aliphatic rings. The first kappa shape index (κ1) is 21.9. The van der Waals surface area contributed by atoms with E-state index in [1.807, 2.05) is 29.6 Å². The van der Waals surface area contributed by atoms with Gasteiger partial charge < -0.3 is 15.3 Å². The van der Waals surface area contributed by atoms with Crippen LogP contribution in [-0.4, -0.2) is 68.4 Å². The molecule has 0 aromatic carbocycles. The summed E-state index contributed by atoms with van der Waals surface area (Å²) in [6, 6.07) is 0.443. The van der Waals surface area contributed by atoms with Gasteiger partial charge in [-0.05, 0) is 40.2 Å². The van der Waals surface area contributed by atoms with Crippen LogP contribution >= 0.6 is 0 Å². The highest BCUT2D eigenvalue weighted by atomic mass is 16.4. The van der Waals surface area contributed by atoms with Gasteiger partial charge in [-0.15, -0.1) is 0 Å². The smallest absolute Gasteiger partial charge is 0.318 e. The average Bonchev–Trinajstić information content (AvgIpc) is 3.03. The Morgan fingerprint density at radius 1 is 1.39 bits per heavy atom. The Bertz CT molecular complexity index is 694. The molecule has 0 radical (unpaired) electrons. The fourth-order valence-electron chi connectivity index (χ4n) is 3.43. The number of carbonyl (C=O) groups excluding carboxylic acids is 1. The lowest BCUT2D eigenvalue weighted by atomic mass is 9.85. The summed E-state index contributed by atoms with van der Waals surface area (Å²) in [5.74, 6) is -0.816. The molecule has 1 aromatic heterocycles. The predicted molar refractivity (Wildman–Crippen MR) is 108 cm³/mol. The normalized spacial score (nSPS) is 18.8. The molecule has 8 heteroatoms.